The van der Waals surface area contributed by atoms with Crippen LogP contribution < -0.4 is 10.5 Å². The number of rotatable bonds is 4. The Bertz CT molecular complexity index is 570. The number of halogens is 1. The summed E-state index contributed by atoms with van der Waals surface area (Å²) in [6.07, 6.45) is 3.32. The molecule has 4 heteroatoms. The highest BCUT2D eigenvalue weighted by Gasteiger charge is 2.06. The lowest BCUT2D eigenvalue weighted by atomic mass is 10.1. The van der Waals surface area contributed by atoms with Gasteiger partial charge < -0.3 is 10.5 Å². The van der Waals surface area contributed by atoms with E-state index in [4.69, 9.17) is 22.1 Å². The lowest BCUT2D eigenvalue weighted by molar-refractivity contribution is 0.304. The first-order chi connectivity index (χ1) is 9.08. The Morgan fingerprint density at radius 2 is 2.16 bits per heavy atom. The van der Waals surface area contributed by atoms with E-state index in [0.717, 1.165) is 22.4 Å². The Hall–Kier alpha value is -1.58. The maximum absolute atomic E-state index is 6.04. The van der Waals surface area contributed by atoms with Crippen LogP contribution in [-0.2, 0) is 6.61 Å². The first kappa shape index (κ1) is 13.8. The highest BCUT2D eigenvalue weighted by Crippen LogP contribution is 2.23. The minimum atomic E-state index is 0.0300. The SMILES string of the molecule is Cc1cc(C(C)N)ccc1OCc1ccncc1Cl. The van der Waals surface area contributed by atoms with Crippen molar-refractivity contribution < 1.29 is 4.74 Å². The van der Waals surface area contributed by atoms with Crippen LogP contribution in [0.15, 0.2) is 36.7 Å². The van der Waals surface area contributed by atoms with Crippen LogP contribution in [0.25, 0.3) is 0 Å². The predicted octanol–water partition coefficient (Wildman–Crippen LogP) is 3.64. The van der Waals surface area contributed by atoms with Gasteiger partial charge in [0.05, 0.1) is 5.02 Å². The van der Waals surface area contributed by atoms with E-state index in [0.29, 0.717) is 11.6 Å². The van der Waals surface area contributed by atoms with Gasteiger partial charge in [0.2, 0.25) is 0 Å². The van der Waals surface area contributed by atoms with Crippen LogP contribution in [0.4, 0.5) is 0 Å². The summed E-state index contributed by atoms with van der Waals surface area (Å²) in [6, 6.07) is 7.87. The van der Waals surface area contributed by atoms with Crippen LogP contribution in [0.5, 0.6) is 5.75 Å². The molecule has 0 amide bonds. The van der Waals surface area contributed by atoms with Gasteiger partial charge in [-0.05, 0) is 37.1 Å². The van der Waals surface area contributed by atoms with Crippen molar-refractivity contribution in [3.05, 3.63) is 58.4 Å². The third-order valence-electron chi connectivity index (χ3n) is 2.96. The molecule has 1 aromatic heterocycles. The van der Waals surface area contributed by atoms with Crippen LogP contribution in [0.2, 0.25) is 5.02 Å². The molecule has 2 N–H and O–H groups in total. The third kappa shape index (κ3) is 3.46. The molecule has 1 aromatic carbocycles. The Morgan fingerprint density at radius 1 is 1.37 bits per heavy atom. The van der Waals surface area contributed by atoms with E-state index in [2.05, 4.69) is 4.98 Å². The van der Waals surface area contributed by atoms with Gasteiger partial charge in [-0.3, -0.25) is 4.98 Å². The van der Waals surface area contributed by atoms with E-state index >= 15 is 0 Å². The fourth-order valence-electron chi connectivity index (χ4n) is 1.79. The van der Waals surface area contributed by atoms with Crippen molar-refractivity contribution >= 4 is 11.6 Å². The van der Waals surface area contributed by atoms with Crippen LogP contribution >= 0.6 is 11.6 Å². The molecule has 0 aliphatic carbocycles. The van der Waals surface area contributed by atoms with Crippen LogP contribution in [0.3, 0.4) is 0 Å². The van der Waals surface area contributed by atoms with E-state index < -0.39 is 0 Å². The van der Waals surface area contributed by atoms with Gasteiger partial charge in [0, 0.05) is 24.0 Å². The van der Waals surface area contributed by atoms with E-state index in [1.54, 1.807) is 12.4 Å². The van der Waals surface area contributed by atoms with Crippen LogP contribution in [0, 0.1) is 6.92 Å². The molecule has 1 atom stereocenters. The maximum atomic E-state index is 6.04. The Kier molecular flexibility index (Phi) is 4.40. The van der Waals surface area contributed by atoms with Gasteiger partial charge in [0.25, 0.3) is 0 Å². The van der Waals surface area contributed by atoms with Gasteiger partial charge in [-0.15, -0.1) is 0 Å². The van der Waals surface area contributed by atoms with Crippen LogP contribution in [0.1, 0.15) is 29.7 Å². The number of hydrogen-bond donors (Lipinski definition) is 1. The van der Waals surface area contributed by atoms with Crippen molar-refractivity contribution in [3.63, 3.8) is 0 Å². The van der Waals surface area contributed by atoms with Crippen LogP contribution in [-0.4, -0.2) is 4.98 Å². The lowest BCUT2D eigenvalue weighted by Crippen LogP contribution is -2.05. The summed E-state index contributed by atoms with van der Waals surface area (Å²) in [7, 11) is 0. The third-order valence-corrected chi connectivity index (χ3v) is 3.30. The van der Waals surface area contributed by atoms with Gasteiger partial charge in [-0.1, -0.05) is 23.7 Å². The minimum Gasteiger partial charge on any atom is -0.489 e. The van der Waals surface area contributed by atoms with Crippen molar-refractivity contribution in [2.45, 2.75) is 26.5 Å². The zero-order chi connectivity index (χ0) is 13.8. The number of nitrogens with two attached hydrogens (primary N) is 1. The normalized spacial score (nSPS) is 12.2. The summed E-state index contributed by atoms with van der Waals surface area (Å²) in [4.78, 5) is 3.95. The fraction of sp³-hybridized carbons (Fsp3) is 0.267. The summed E-state index contributed by atoms with van der Waals surface area (Å²) in [5.74, 6) is 0.845. The molecule has 0 bridgehead atoms. The summed E-state index contributed by atoms with van der Waals surface area (Å²) in [6.45, 7) is 4.40. The first-order valence-corrected chi connectivity index (χ1v) is 6.53. The molecule has 0 saturated carbocycles. The monoisotopic (exact) mass is 276 g/mol. The zero-order valence-electron chi connectivity index (χ0n) is 11.1. The second kappa shape index (κ2) is 6.04. The summed E-state index contributed by atoms with van der Waals surface area (Å²) >= 11 is 6.04. The maximum Gasteiger partial charge on any atom is 0.122 e. The Labute approximate surface area is 118 Å². The molecule has 0 spiro atoms. The number of nitrogens with zero attached hydrogens (tertiary/aromatic N) is 1. The number of aryl methyl sites for hydroxylation is 1. The Balaban J connectivity index is 2.10. The van der Waals surface area contributed by atoms with E-state index in [-0.39, 0.29) is 6.04 Å². The van der Waals surface area contributed by atoms with Gasteiger partial charge in [-0.25, -0.2) is 0 Å². The van der Waals surface area contributed by atoms with E-state index in [1.807, 2.05) is 38.1 Å². The number of pyridine rings is 1. The molecule has 2 rings (SSSR count). The fourth-order valence-corrected chi connectivity index (χ4v) is 1.97. The standard InChI is InChI=1S/C15H17ClN2O/c1-10-7-12(11(2)17)3-4-15(10)19-9-13-5-6-18-8-14(13)16/h3-8,11H,9,17H2,1-2H3. The summed E-state index contributed by atoms with van der Waals surface area (Å²) < 4.78 is 5.79. The zero-order valence-corrected chi connectivity index (χ0v) is 11.8. The number of benzene rings is 1. The second-order valence-corrected chi connectivity index (χ2v) is 4.98. The molecule has 0 aliphatic heterocycles. The molecular weight excluding hydrogens is 260 g/mol. The molecule has 1 heterocycles. The number of aromatic nitrogens is 1. The highest BCUT2D eigenvalue weighted by atomic mass is 35.5. The van der Waals surface area contributed by atoms with E-state index in [1.165, 1.54) is 0 Å². The molecule has 0 fully saturated rings. The van der Waals surface area contributed by atoms with Crippen molar-refractivity contribution in [1.29, 1.82) is 0 Å². The van der Waals surface area contributed by atoms with Crippen molar-refractivity contribution in [2.24, 2.45) is 5.73 Å². The molecule has 1 unspecified atom stereocenters. The minimum absolute atomic E-state index is 0.0300. The lowest BCUT2D eigenvalue weighted by Gasteiger charge is -2.12. The van der Waals surface area contributed by atoms with Gasteiger partial charge >= 0.3 is 0 Å². The van der Waals surface area contributed by atoms with Crippen molar-refractivity contribution in [3.8, 4) is 5.75 Å². The largest absolute Gasteiger partial charge is 0.489 e. The molecule has 100 valence electrons. The Morgan fingerprint density at radius 3 is 2.79 bits per heavy atom. The quantitative estimate of drug-likeness (QED) is 0.927. The van der Waals surface area contributed by atoms with Crippen molar-refractivity contribution in [1.82, 2.24) is 4.98 Å². The summed E-state index contributed by atoms with van der Waals surface area (Å²) in [5.41, 5.74) is 8.95. The molecule has 2 aromatic rings. The van der Waals surface area contributed by atoms with E-state index in [9.17, 15) is 0 Å². The molecule has 3 nitrogen and oxygen atoms in total. The smallest absolute Gasteiger partial charge is 0.122 e. The molecule has 0 aliphatic rings. The predicted molar refractivity (Wildman–Crippen MR) is 77.4 cm³/mol. The van der Waals surface area contributed by atoms with Gasteiger partial charge in [-0.2, -0.15) is 0 Å². The number of ether oxygens (including phenoxy) is 1. The first-order valence-electron chi connectivity index (χ1n) is 6.15. The highest BCUT2D eigenvalue weighted by molar-refractivity contribution is 6.31. The molecular formula is C15H17ClN2O. The van der Waals surface area contributed by atoms with Crippen molar-refractivity contribution in [2.75, 3.05) is 0 Å². The average molecular weight is 277 g/mol. The van der Waals surface area contributed by atoms with Gasteiger partial charge in [0.15, 0.2) is 0 Å². The second-order valence-electron chi connectivity index (χ2n) is 4.57. The molecule has 0 radical (unpaired) electrons. The average Bonchev–Trinajstić information content (AvgIpc) is 2.39. The molecule has 19 heavy (non-hydrogen) atoms. The summed E-state index contributed by atoms with van der Waals surface area (Å²) in [5, 5.41) is 0.618. The molecule has 0 saturated heterocycles. The number of hydrogen-bond acceptors (Lipinski definition) is 3. The topological polar surface area (TPSA) is 48.1 Å². The van der Waals surface area contributed by atoms with Gasteiger partial charge in [0.1, 0.15) is 12.4 Å².